The lowest BCUT2D eigenvalue weighted by Crippen LogP contribution is -1.98. The maximum absolute atomic E-state index is 6.48. The molecule has 25 heavy (non-hydrogen) atoms. The van der Waals surface area contributed by atoms with Gasteiger partial charge in [-0.25, -0.2) is 4.98 Å². The van der Waals surface area contributed by atoms with Crippen LogP contribution in [0.25, 0.3) is 21.8 Å². The first-order valence-electron chi connectivity index (χ1n) is 8.63. The number of pyridine rings is 1. The van der Waals surface area contributed by atoms with Crippen LogP contribution in [-0.2, 0) is 13.6 Å². The molecule has 4 rings (SSSR count). The predicted octanol–water partition coefficient (Wildman–Crippen LogP) is 5.73. The largest absolute Gasteiger partial charge is 0.350 e. The number of halogens is 1. The smallest absolute Gasteiger partial charge is 0.139 e. The van der Waals surface area contributed by atoms with Gasteiger partial charge in [0.05, 0.1) is 16.2 Å². The fourth-order valence-corrected chi connectivity index (χ4v) is 3.53. The summed E-state index contributed by atoms with van der Waals surface area (Å²) in [5, 5.41) is 6.38. The van der Waals surface area contributed by atoms with Gasteiger partial charge in [0.25, 0.3) is 0 Å². The molecule has 1 N–H and O–H groups in total. The molecule has 4 nitrogen and oxygen atoms in total. The number of benzene rings is 1. The molecule has 3 aromatic heterocycles. The van der Waals surface area contributed by atoms with Crippen molar-refractivity contribution in [3.05, 3.63) is 53.9 Å². The summed E-state index contributed by atoms with van der Waals surface area (Å²) in [7, 11) is 2.03. The van der Waals surface area contributed by atoms with Crippen LogP contribution in [0.15, 0.2) is 48.9 Å². The van der Waals surface area contributed by atoms with Gasteiger partial charge in [-0.05, 0) is 36.8 Å². The average Bonchev–Trinajstić information content (AvgIpc) is 3.20. The van der Waals surface area contributed by atoms with E-state index >= 15 is 0 Å². The van der Waals surface area contributed by atoms with E-state index in [0.717, 1.165) is 34.3 Å². The molecule has 0 saturated heterocycles. The van der Waals surface area contributed by atoms with E-state index in [9.17, 15) is 0 Å². The van der Waals surface area contributed by atoms with Gasteiger partial charge < -0.3 is 14.5 Å². The second-order valence-electron chi connectivity index (χ2n) is 6.36. The van der Waals surface area contributed by atoms with Crippen molar-refractivity contribution in [3.63, 3.8) is 0 Å². The number of nitrogens with zero attached hydrogens (tertiary/aromatic N) is 3. The van der Waals surface area contributed by atoms with Gasteiger partial charge in [-0.15, -0.1) is 0 Å². The topological polar surface area (TPSA) is 34.8 Å². The standard InChI is InChI=1S/C20H21ClN4/c1-3-4-11-25-13-9-15-18(25)7-10-22-20(15)23-19-14-8-12-24(2)17(14)6-5-16(19)21/h5-10,12-13H,3-4,11H2,1-2H3,(H,22,23). The maximum Gasteiger partial charge on any atom is 0.139 e. The molecule has 0 aliphatic carbocycles. The van der Waals surface area contributed by atoms with Crippen LogP contribution in [0.2, 0.25) is 5.02 Å². The van der Waals surface area contributed by atoms with E-state index in [4.69, 9.17) is 11.6 Å². The van der Waals surface area contributed by atoms with Gasteiger partial charge in [-0.2, -0.15) is 0 Å². The predicted molar refractivity (Wildman–Crippen MR) is 106 cm³/mol. The Bertz CT molecular complexity index is 1040. The zero-order valence-electron chi connectivity index (χ0n) is 14.5. The molecule has 0 amide bonds. The second kappa shape index (κ2) is 6.45. The van der Waals surface area contributed by atoms with Gasteiger partial charge in [0.1, 0.15) is 5.82 Å². The summed E-state index contributed by atoms with van der Waals surface area (Å²) in [5.74, 6) is 0.839. The van der Waals surface area contributed by atoms with E-state index in [1.807, 2.05) is 31.6 Å². The van der Waals surface area contributed by atoms with Crippen molar-refractivity contribution in [2.75, 3.05) is 5.32 Å². The fourth-order valence-electron chi connectivity index (χ4n) is 3.32. The summed E-state index contributed by atoms with van der Waals surface area (Å²) in [5.41, 5.74) is 3.24. The van der Waals surface area contributed by atoms with Crippen LogP contribution in [0.4, 0.5) is 11.5 Å². The monoisotopic (exact) mass is 352 g/mol. The van der Waals surface area contributed by atoms with Crippen molar-refractivity contribution in [2.45, 2.75) is 26.3 Å². The Morgan fingerprint density at radius 1 is 1.04 bits per heavy atom. The van der Waals surface area contributed by atoms with Gasteiger partial charge in [0.2, 0.25) is 0 Å². The number of unbranched alkanes of at least 4 members (excludes halogenated alkanes) is 1. The van der Waals surface area contributed by atoms with Crippen molar-refractivity contribution in [1.82, 2.24) is 14.1 Å². The Kier molecular flexibility index (Phi) is 4.14. The molecule has 0 spiro atoms. The highest BCUT2D eigenvalue weighted by Crippen LogP contribution is 2.35. The number of fused-ring (bicyclic) bond motifs is 2. The van der Waals surface area contributed by atoms with Crippen molar-refractivity contribution in [1.29, 1.82) is 0 Å². The minimum atomic E-state index is 0.697. The maximum atomic E-state index is 6.48. The van der Waals surface area contributed by atoms with Crippen molar-refractivity contribution < 1.29 is 0 Å². The molecular weight excluding hydrogens is 332 g/mol. The Labute approximate surface area is 152 Å². The van der Waals surface area contributed by atoms with E-state index in [0.29, 0.717) is 5.02 Å². The van der Waals surface area contributed by atoms with Crippen LogP contribution in [-0.4, -0.2) is 14.1 Å². The number of hydrogen-bond donors (Lipinski definition) is 1. The number of aromatic nitrogens is 3. The van der Waals surface area contributed by atoms with Crippen molar-refractivity contribution in [3.8, 4) is 0 Å². The zero-order valence-corrected chi connectivity index (χ0v) is 15.2. The Balaban J connectivity index is 1.79. The van der Waals surface area contributed by atoms with Crippen molar-refractivity contribution >= 4 is 44.9 Å². The summed E-state index contributed by atoms with van der Waals surface area (Å²) in [6.07, 6.45) is 8.39. The molecule has 0 unspecified atom stereocenters. The van der Waals surface area contributed by atoms with Crippen LogP contribution in [0.5, 0.6) is 0 Å². The third-order valence-corrected chi connectivity index (χ3v) is 5.03. The molecular formula is C20H21ClN4. The number of nitrogens with one attached hydrogen (secondary N) is 1. The normalized spacial score (nSPS) is 11.5. The Morgan fingerprint density at radius 3 is 2.72 bits per heavy atom. The summed E-state index contributed by atoms with van der Waals surface area (Å²) < 4.78 is 4.38. The summed E-state index contributed by atoms with van der Waals surface area (Å²) in [6, 6.07) is 10.2. The molecule has 4 aromatic rings. The Morgan fingerprint density at radius 2 is 1.88 bits per heavy atom. The van der Waals surface area contributed by atoms with Gasteiger partial charge >= 0.3 is 0 Å². The van der Waals surface area contributed by atoms with Crippen LogP contribution >= 0.6 is 11.6 Å². The summed E-state index contributed by atoms with van der Waals surface area (Å²) in [6.45, 7) is 3.24. The molecule has 128 valence electrons. The first-order chi connectivity index (χ1) is 12.2. The third kappa shape index (κ3) is 2.76. The van der Waals surface area contributed by atoms with Crippen LogP contribution in [0.3, 0.4) is 0 Å². The number of hydrogen-bond acceptors (Lipinski definition) is 2. The second-order valence-corrected chi connectivity index (χ2v) is 6.77. The summed E-state index contributed by atoms with van der Waals surface area (Å²) >= 11 is 6.48. The minimum absolute atomic E-state index is 0.697. The first-order valence-corrected chi connectivity index (χ1v) is 9.01. The minimum Gasteiger partial charge on any atom is -0.350 e. The van der Waals surface area contributed by atoms with Gasteiger partial charge in [-0.3, -0.25) is 0 Å². The van der Waals surface area contributed by atoms with E-state index in [1.54, 1.807) is 0 Å². The Hall–Kier alpha value is -2.46. The molecule has 0 aliphatic heterocycles. The number of aryl methyl sites for hydroxylation is 2. The van der Waals surface area contributed by atoms with Gasteiger partial charge in [-0.1, -0.05) is 24.9 Å². The lowest BCUT2D eigenvalue weighted by Gasteiger charge is -2.11. The summed E-state index contributed by atoms with van der Waals surface area (Å²) in [4.78, 5) is 4.56. The van der Waals surface area contributed by atoms with Gasteiger partial charge in [0.15, 0.2) is 0 Å². The highest BCUT2D eigenvalue weighted by atomic mass is 35.5. The first kappa shape index (κ1) is 16.0. The van der Waals surface area contributed by atoms with E-state index in [1.165, 1.54) is 18.4 Å². The lowest BCUT2D eigenvalue weighted by atomic mass is 10.2. The molecule has 1 aromatic carbocycles. The van der Waals surface area contributed by atoms with Crippen LogP contribution in [0, 0.1) is 0 Å². The van der Waals surface area contributed by atoms with E-state index < -0.39 is 0 Å². The van der Waals surface area contributed by atoms with Crippen molar-refractivity contribution in [2.24, 2.45) is 7.05 Å². The van der Waals surface area contributed by atoms with E-state index in [-0.39, 0.29) is 0 Å². The van der Waals surface area contributed by atoms with E-state index in [2.05, 4.69) is 50.8 Å². The fraction of sp³-hybridized carbons (Fsp3) is 0.250. The zero-order chi connectivity index (χ0) is 17.4. The SMILES string of the molecule is CCCCn1ccc2c(Nc3c(Cl)ccc4c3ccn4C)nccc21. The quantitative estimate of drug-likeness (QED) is 0.498. The van der Waals surface area contributed by atoms with Gasteiger partial charge in [0, 0.05) is 48.5 Å². The average molecular weight is 353 g/mol. The molecule has 3 heterocycles. The highest BCUT2D eigenvalue weighted by Gasteiger charge is 2.12. The third-order valence-electron chi connectivity index (χ3n) is 4.71. The van der Waals surface area contributed by atoms with Crippen LogP contribution in [0.1, 0.15) is 19.8 Å². The van der Waals surface area contributed by atoms with Crippen LogP contribution < -0.4 is 5.32 Å². The molecule has 0 bridgehead atoms. The number of anilines is 2. The molecule has 0 aliphatic rings. The molecule has 0 fully saturated rings. The molecule has 5 heteroatoms. The highest BCUT2D eigenvalue weighted by molar-refractivity contribution is 6.35. The molecule has 0 saturated carbocycles. The lowest BCUT2D eigenvalue weighted by molar-refractivity contribution is 0.650. The molecule has 0 atom stereocenters. The molecule has 0 radical (unpaired) electrons. The number of rotatable bonds is 5.